The van der Waals surface area contributed by atoms with E-state index in [0.29, 0.717) is 6.29 Å². The van der Waals surface area contributed by atoms with Gasteiger partial charge >= 0.3 is 5.97 Å². The molecule has 0 fully saturated rings. The Kier molecular flexibility index (Phi) is 4.23. The van der Waals surface area contributed by atoms with E-state index in [0.717, 1.165) is 0 Å². The molecule has 0 atom stereocenters. The minimum absolute atomic E-state index is 0.106. The molecule has 5 heteroatoms. The Morgan fingerprint density at radius 1 is 1.53 bits per heavy atom. The zero-order chi connectivity index (χ0) is 12.8. The number of carbonyl (C=O) groups is 2. The number of rotatable bonds is 4. The molecule has 0 aliphatic carbocycles. The molecule has 0 spiro atoms. The molecule has 0 aromatic heterocycles. The van der Waals surface area contributed by atoms with Crippen molar-refractivity contribution in [3.63, 3.8) is 0 Å². The van der Waals surface area contributed by atoms with Gasteiger partial charge in [0.2, 0.25) is 0 Å². The Hall–Kier alpha value is -2.35. The van der Waals surface area contributed by atoms with Crippen LogP contribution in [0.5, 0.6) is 5.75 Å². The van der Waals surface area contributed by atoms with Gasteiger partial charge in [-0.1, -0.05) is 0 Å². The summed E-state index contributed by atoms with van der Waals surface area (Å²) in [7, 11) is 1.36. The summed E-state index contributed by atoms with van der Waals surface area (Å²) < 4.78 is 9.77. The number of hydrogen-bond donors (Lipinski definition) is 0. The Morgan fingerprint density at radius 3 is 2.71 bits per heavy atom. The van der Waals surface area contributed by atoms with E-state index in [2.05, 4.69) is 0 Å². The Bertz CT molecular complexity index is 488. The summed E-state index contributed by atoms with van der Waals surface area (Å²) >= 11 is 0. The molecule has 0 radical (unpaired) electrons. The van der Waals surface area contributed by atoms with Gasteiger partial charge in [0.05, 0.1) is 19.3 Å². The van der Waals surface area contributed by atoms with Crippen LogP contribution in [-0.2, 0) is 4.74 Å². The maximum atomic E-state index is 11.5. The minimum atomic E-state index is -0.557. The molecule has 0 heterocycles. The van der Waals surface area contributed by atoms with Crippen LogP contribution in [0.1, 0.15) is 33.2 Å². The topological polar surface area (TPSA) is 76.4 Å². The number of hydrogen-bond acceptors (Lipinski definition) is 5. The summed E-state index contributed by atoms with van der Waals surface area (Å²) in [5.74, 6) is -0.376. The second-order valence-electron chi connectivity index (χ2n) is 3.09. The van der Waals surface area contributed by atoms with Crippen LogP contribution in [-0.4, -0.2) is 26.0 Å². The molecule has 88 valence electrons. The van der Waals surface area contributed by atoms with Crippen LogP contribution in [0.2, 0.25) is 0 Å². The second-order valence-corrected chi connectivity index (χ2v) is 3.09. The lowest BCUT2D eigenvalue weighted by Gasteiger charge is -2.08. The standard InChI is InChI=1S/C12H11NO4/c1-3-17-12(15)8-4-9(7-14)10(6-13)11(5-8)16-2/h4-5,7H,3H2,1-2H3. The molecule has 0 saturated carbocycles. The number of benzene rings is 1. The van der Waals surface area contributed by atoms with E-state index in [1.165, 1.54) is 19.2 Å². The third-order valence-electron chi connectivity index (χ3n) is 2.10. The van der Waals surface area contributed by atoms with E-state index in [-0.39, 0.29) is 29.0 Å². The predicted molar refractivity (Wildman–Crippen MR) is 59.1 cm³/mol. The molecule has 0 bridgehead atoms. The van der Waals surface area contributed by atoms with Crippen LogP contribution in [0, 0.1) is 11.3 Å². The van der Waals surface area contributed by atoms with E-state index >= 15 is 0 Å². The zero-order valence-electron chi connectivity index (χ0n) is 9.52. The van der Waals surface area contributed by atoms with E-state index in [1.54, 1.807) is 6.92 Å². The summed E-state index contributed by atoms with van der Waals surface area (Å²) in [5.41, 5.74) is 0.398. The highest BCUT2D eigenvalue weighted by Crippen LogP contribution is 2.23. The molecule has 0 N–H and O–H groups in total. The van der Waals surface area contributed by atoms with E-state index < -0.39 is 5.97 Å². The summed E-state index contributed by atoms with van der Waals surface area (Å²) in [5, 5.41) is 8.89. The molecule has 1 rings (SSSR count). The van der Waals surface area contributed by atoms with Crippen LogP contribution in [0.15, 0.2) is 12.1 Å². The fourth-order valence-electron chi connectivity index (χ4n) is 1.34. The highest BCUT2D eigenvalue weighted by atomic mass is 16.5. The third kappa shape index (κ3) is 2.61. The molecule has 0 aliphatic rings. The molecule has 17 heavy (non-hydrogen) atoms. The lowest BCUT2D eigenvalue weighted by Crippen LogP contribution is -2.07. The van der Waals surface area contributed by atoms with Crippen LogP contribution in [0.4, 0.5) is 0 Å². The lowest BCUT2D eigenvalue weighted by atomic mass is 10.0. The Labute approximate surface area is 98.6 Å². The highest BCUT2D eigenvalue weighted by molar-refractivity contribution is 5.93. The fourth-order valence-corrected chi connectivity index (χ4v) is 1.34. The fraction of sp³-hybridized carbons (Fsp3) is 0.250. The van der Waals surface area contributed by atoms with Crippen molar-refractivity contribution < 1.29 is 19.1 Å². The quantitative estimate of drug-likeness (QED) is 0.582. The van der Waals surface area contributed by atoms with Gasteiger partial charge in [-0.05, 0) is 19.1 Å². The highest BCUT2D eigenvalue weighted by Gasteiger charge is 2.15. The summed E-state index contributed by atoms with van der Waals surface area (Å²) in [4.78, 5) is 22.3. The van der Waals surface area contributed by atoms with Crippen molar-refractivity contribution in [3.8, 4) is 11.8 Å². The van der Waals surface area contributed by atoms with Gasteiger partial charge < -0.3 is 9.47 Å². The predicted octanol–water partition coefficient (Wildman–Crippen LogP) is 1.56. The van der Waals surface area contributed by atoms with Crippen molar-refractivity contribution in [2.75, 3.05) is 13.7 Å². The van der Waals surface area contributed by atoms with Crippen molar-refractivity contribution in [2.24, 2.45) is 0 Å². The first-order valence-electron chi connectivity index (χ1n) is 4.92. The van der Waals surface area contributed by atoms with Crippen LogP contribution in [0.25, 0.3) is 0 Å². The summed E-state index contributed by atoms with van der Waals surface area (Å²) in [6, 6.07) is 4.55. The van der Waals surface area contributed by atoms with Gasteiger partial charge in [-0.15, -0.1) is 0 Å². The van der Waals surface area contributed by atoms with Crippen molar-refractivity contribution in [1.82, 2.24) is 0 Å². The molecule has 0 amide bonds. The Balaban J connectivity index is 3.33. The molecule has 1 aromatic rings. The zero-order valence-corrected chi connectivity index (χ0v) is 9.52. The number of nitriles is 1. The van der Waals surface area contributed by atoms with Crippen LogP contribution < -0.4 is 4.74 Å². The number of aldehydes is 1. The van der Waals surface area contributed by atoms with Gasteiger partial charge in [-0.25, -0.2) is 4.79 Å². The van der Waals surface area contributed by atoms with Crippen LogP contribution >= 0.6 is 0 Å². The maximum absolute atomic E-state index is 11.5. The van der Waals surface area contributed by atoms with Gasteiger partial charge in [-0.3, -0.25) is 4.79 Å². The van der Waals surface area contributed by atoms with Crippen molar-refractivity contribution in [2.45, 2.75) is 6.92 Å². The maximum Gasteiger partial charge on any atom is 0.338 e. The first-order chi connectivity index (χ1) is 8.17. The lowest BCUT2D eigenvalue weighted by molar-refractivity contribution is 0.0526. The largest absolute Gasteiger partial charge is 0.495 e. The number of esters is 1. The average Bonchev–Trinajstić information content (AvgIpc) is 2.37. The summed E-state index contributed by atoms with van der Waals surface area (Å²) in [6.45, 7) is 1.91. The minimum Gasteiger partial charge on any atom is -0.495 e. The van der Waals surface area contributed by atoms with Gasteiger partial charge in [0.25, 0.3) is 0 Å². The van der Waals surface area contributed by atoms with E-state index in [1.807, 2.05) is 6.07 Å². The van der Waals surface area contributed by atoms with Crippen molar-refractivity contribution in [1.29, 1.82) is 5.26 Å². The molecule has 0 unspecified atom stereocenters. The Morgan fingerprint density at radius 2 is 2.24 bits per heavy atom. The van der Waals surface area contributed by atoms with Gasteiger partial charge in [0, 0.05) is 5.56 Å². The number of carbonyl (C=O) groups excluding carboxylic acids is 2. The van der Waals surface area contributed by atoms with Gasteiger partial charge in [0.15, 0.2) is 6.29 Å². The van der Waals surface area contributed by atoms with Gasteiger partial charge in [-0.2, -0.15) is 5.26 Å². The van der Waals surface area contributed by atoms with Crippen molar-refractivity contribution in [3.05, 3.63) is 28.8 Å². The molecule has 0 saturated heterocycles. The number of ether oxygens (including phenoxy) is 2. The number of methoxy groups -OCH3 is 1. The SMILES string of the molecule is CCOC(=O)c1cc(C=O)c(C#N)c(OC)c1. The normalized spacial score (nSPS) is 9.24. The monoisotopic (exact) mass is 233 g/mol. The molecule has 0 aliphatic heterocycles. The molecule has 1 aromatic carbocycles. The summed E-state index contributed by atoms with van der Waals surface area (Å²) in [6.07, 6.45) is 0.504. The van der Waals surface area contributed by atoms with E-state index in [9.17, 15) is 9.59 Å². The van der Waals surface area contributed by atoms with Gasteiger partial charge in [0.1, 0.15) is 17.4 Å². The molecule has 5 nitrogen and oxygen atoms in total. The first kappa shape index (κ1) is 12.7. The van der Waals surface area contributed by atoms with E-state index in [4.69, 9.17) is 14.7 Å². The van der Waals surface area contributed by atoms with Crippen LogP contribution in [0.3, 0.4) is 0 Å². The third-order valence-corrected chi connectivity index (χ3v) is 2.10. The number of nitrogens with zero attached hydrogens (tertiary/aromatic N) is 1. The first-order valence-corrected chi connectivity index (χ1v) is 4.92. The van der Waals surface area contributed by atoms with Crippen molar-refractivity contribution >= 4 is 12.3 Å². The molecular formula is C12H11NO4. The molecular weight excluding hydrogens is 222 g/mol. The second kappa shape index (κ2) is 5.66. The average molecular weight is 233 g/mol. The smallest absolute Gasteiger partial charge is 0.338 e.